The second-order valence-corrected chi connectivity index (χ2v) is 6.97. The quantitative estimate of drug-likeness (QED) is 0.787. The van der Waals surface area contributed by atoms with Gasteiger partial charge in [0.15, 0.2) is 0 Å². The number of benzene rings is 1. The molecular formula is C12H18BrNO4S. The summed E-state index contributed by atoms with van der Waals surface area (Å²) in [6.45, 7) is 2.13. The van der Waals surface area contributed by atoms with E-state index in [0.29, 0.717) is 16.8 Å². The van der Waals surface area contributed by atoms with E-state index in [0.717, 1.165) is 0 Å². The van der Waals surface area contributed by atoms with Crippen LogP contribution in [0.5, 0.6) is 5.75 Å². The van der Waals surface area contributed by atoms with Gasteiger partial charge >= 0.3 is 0 Å². The van der Waals surface area contributed by atoms with Crippen molar-refractivity contribution >= 4 is 26.0 Å². The fraction of sp³-hybridized carbons (Fsp3) is 0.500. The predicted octanol–water partition coefficient (Wildman–Crippen LogP) is 2.11. The molecular weight excluding hydrogens is 334 g/mol. The number of likely N-dealkylation sites (N-methyl/N-ethyl adjacent to an activating group) is 1. The van der Waals surface area contributed by atoms with Crippen LogP contribution in [0, 0.1) is 0 Å². The van der Waals surface area contributed by atoms with Crippen LogP contribution in [0.3, 0.4) is 0 Å². The van der Waals surface area contributed by atoms with Gasteiger partial charge in [0.1, 0.15) is 5.75 Å². The standard InChI is InChI=1S/C12H18BrNO4S/c1-9(8-17-3)14(2)19(15,16)10-5-6-12(18-4)11(13)7-10/h5-7,9H,8H2,1-4H3. The van der Waals surface area contributed by atoms with Gasteiger partial charge in [0.25, 0.3) is 0 Å². The van der Waals surface area contributed by atoms with Crippen molar-refractivity contribution in [3.8, 4) is 5.75 Å². The summed E-state index contributed by atoms with van der Waals surface area (Å²) in [6.07, 6.45) is 0. The Hall–Kier alpha value is -0.630. The average Bonchev–Trinajstić information content (AvgIpc) is 2.37. The van der Waals surface area contributed by atoms with E-state index >= 15 is 0 Å². The van der Waals surface area contributed by atoms with Crippen molar-refractivity contribution in [1.29, 1.82) is 0 Å². The van der Waals surface area contributed by atoms with Gasteiger partial charge in [-0.1, -0.05) is 0 Å². The van der Waals surface area contributed by atoms with Gasteiger partial charge in [0, 0.05) is 20.2 Å². The lowest BCUT2D eigenvalue weighted by Crippen LogP contribution is -2.37. The van der Waals surface area contributed by atoms with E-state index in [1.165, 1.54) is 30.6 Å². The molecule has 0 aliphatic heterocycles. The van der Waals surface area contributed by atoms with Crippen LogP contribution in [0.1, 0.15) is 6.92 Å². The van der Waals surface area contributed by atoms with Gasteiger partial charge in [-0.15, -0.1) is 0 Å². The number of rotatable bonds is 6. The minimum Gasteiger partial charge on any atom is -0.496 e. The third kappa shape index (κ3) is 3.68. The summed E-state index contributed by atoms with van der Waals surface area (Å²) in [6, 6.07) is 4.43. The lowest BCUT2D eigenvalue weighted by molar-refractivity contribution is 0.149. The van der Waals surface area contributed by atoms with Crippen LogP contribution < -0.4 is 4.74 Å². The minimum atomic E-state index is -3.54. The Balaban J connectivity index is 3.10. The molecule has 1 atom stereocenters. The molecule has 0 heterocycles. The van der Waals surface area contributed by atoms with E-state index in [9.17, 15) is 8.42 Å². The summed E-state index contributed by atoms with van der Waals surface area (Å²) in [7, 11) is 1.07. The molecule has 0 amide bonds. The van der Waals surface area contributed by atoms with Crippen LogP contribution in [0.4, 0.5) is 0 Å². The van der Waals surface area contributed by atoms with Gasteiger partial charge in [-0.2, -0.15) is 4.31 Å². The van der Waals surface area contributed by atoms with Crippen molar-refractivity contribution in [2.45, 2.75) is 17.9 Å². The Morgan fingerprint density at radius 1 is 1.37 bits per heavy atom. The normalized spacial score (nSPS) is 13.6. The Kier molecular flexibility index (Phi) is 5.79. The Morgan fingerprint density at radius 3 is 2.47 bits per heavy atom. The summed E-state index contributed by atoms with van der Waals surface area (Å²) >= 11 is 3.28. The molecule has 0 radical (unpaired) electrons. The van der Waals surface area contributed by atoms with Crippen LogP contribution in [0.25, 0.3) is 0 Å². The molecule has 0 saturated carbocycles. The number of methoxy groups -OCH3 is 2. The summed E-state index contributed by atoms with van der Waals surface area (Å²) in [4.78, 5) is 0.214. The van der Waals surface area contributed by atoms with E-state index < -0.39 is 10.0 Å². The lowest BCUT2D eigenvalue weighted by atomic mass is 10.3. The first kappa shape index (κ1) is 16.4. The van der Waals surface area contributed by atoms with Crippen molar-refractivity contribution in [1.82, 2.24) is 4.31 Å². The third-order valence-corrected chi connectivity index (χ3v) is 5.42. The fourth-order valence-electron chi connectivity index (χ4n) is 1.56. The number of hydrogen-bond acceptors (Lipinski definition) is 4. The van der Waals surface area contributed by atoms with Crippen LogP contribution in [0.15, 0.2) is 27.6 Å². The fourth-order valence-corrected chi connectivity index (χ4v) is 3.62. The zero-order valence-corrected chi connectivity index (χ0v) is 13.8. The van der Waals surface area contributed by atoms with Gasteiger partial charge in [-0.05, 0) is 41.1 Å². The SMILES string of the molecule is COCC(C)N(C)S(=O)(=O)c1ccc(OC)c(Br)c1. The molecule has 7 heteroatoms. The molecule has 1 aromatic carbocycles. The average molecular weight is 352 g/mol. The summed E-state index contributed by atoms with van der Waals surface area (Å²) in [5.74, 6) is 0.589. The highest BCUT2D eigenvalue weighted by molar-refractivity contribution is 9.10. The maximum absolute atomic E-state index is 12.4. The second-order valence-electron chi connectivity index (χ2n) is 4.12. The van der Waals surface area contributed by atoms with Gasteiger partial charge in [0.05, 0.1) is 23.1 Å². The van der Waals surface area contributed by atoms with E-state index in [4.69, 9.17) is 9.47 Å². The number of halogens is 1. The van der Waals surface area contributed by atoms with E-state index in [1.807, 2.05) is 0 Å². The largest absolute Gasteiger partial charge is 0.496 e. The molecule has 1 aromatic rings. The Labute approximate surface area is 122 Å². The molecule has 5 nitrogen and oxygen atoms in total. The van der Waals surface area contributed by atoms with Crippen molar-refractivity contribution in [3.63, 3.8) is 0 Å². The molecule has 1 unspecified atom stereocenters. The third-order valence-electron chi connectivity index (χ3n) is 2.83. The van der Waals surface area contributed by atoms with E-state index in [-0.39, 0.29) is 10.9 Å². The first-order chi connectivity index (χ1) is 8.84. The number of hydrogen-bond donors (Lipinski definition) is 0. The maximum atomic E-state index is 12.4. The molecule has 0 N–H and O–H groups in total. The summed E-state index contributed by atoms with van der Waals surface area (Å²) in [5, 5.41) is 0. The van der Waals surface area contributed by atoms with Gasteiger partial charge < -0.3 is 9.47 Å². The van der Waals surface area contributed by atoms with E-state index in [1.54, 1.807) is 20.1 Å². The maximum Gasteiger partial charge on any atom is 0.243 e. The first-order valence-electron chi connectivity index (χ1n) is 5.65. The van der Waals surface area contributed by atoms with Gasteiger partial charge in [-0.3, -0.25) is 0 Å². The predicted molar refractivity (Wildman–Crippen MR) is 77.0 cm³/mol. The van der Waals surface area contributed by atoms with Crippen molar-refractivity contribution < 1.29 is 17.9 Å². The number of sulfonamides is 1. The van der Waals surface area contributed by atoms with Crippen LogP contribution >= 0.6 is 15.9 Å². The monoisotopic (exact) mass is 351 g/mol. The van der Waals surface area contributed by atoms with E-state index in [2.05, 4.69) is 15.9 Å². The highest BCUT2D eigenvalue weighted by atomic mass is 79.9. The summed E-state index contributed by atoms with van der Waals surface area (Å²) < 4.78 is 36.8. The van der Waals surface area contributed by atoms with Crippen molar-refractivity contribution in [3.05, 3.63) is 22.7 Å². The first-order valence-corrected chi connectivity index (χ1v) is 7.88. The van der Waals surface area contributed by atoms with Gasteiger partial charge in [0.2, 0.25) is 10.0 Å². The van der Waals surface area contributed by atoms with Crippen LogP contribution in [-0.4, -0.2) is 46.6 Å². The zero-order valence-electron chi connectivity index (χ0n) is 11.4. The minimum absolute atomic E-state index is 0.214. The molecule has 0 fully saturated rings. The van der Waals surface area contributed by atoms with Crippen molar-refractivity contribution in [2.75, 3.05) is 27.9 Å². The lowest BCUT2D eigenvalue weighted by Gasteiger charge is -2.23. The van der Waals surface area contributed by atoms with Crippen LogP contribution in [-0.2, 0) is 14.8 Å². The molecule has 0 saturated heterocycles. The topological polar surface area (TPSA) is 55.8 Å². The molecule has 108 valence electrons. The second kappa shape index (κ2) is 6.69. The van der Waals surface area contributed by atoms with Crippen molar-refractivity contribution in [2.24, 2.45) is 0 Å². The zero-order chi connectivity index (χ0) is 14.6. The molecule has 19 heavy (non-hydrogen) atoms. The smallest absolute Gasteiger partial charge is 0.243 e. The molecule has 0 aliphatic rings. The number of ether oxygens (including phenoxy) is 2. The summed E-state index contributed by atoms with van der Waals surface area (Å²) in [5.41, 5.74) is 0. The molecule has 0 bridgehead atoms. The number of nitrogens with zero attached hydrogens (tertiary/aromatic N) is 1. The van der Waals surface area contributed by atoms with Gasteiger partial charge in [-0.25, -0.2) is 8.42 Å². The Morgan fingerprint density at radius 2 is 2.00 bits per heavy atom. The molecule has 1 rings (SSSR count). The molecule has 0 spiro atoms. The Bertz CT molecular complexity index is 533. The highest BCUT2D eigenvalue weighted by Crippen LogP contribution is 2.28. The molecule has 0 aliphatic carbocycles. The molecule has 0 aromatic heterocycles. The highest BCUT2D eigenvalue weighted by Gasteiger charge is 2.25. The van der Waals surface area contributed by atoms with Crippen LogP contribution in [0.2, 0.25) is 0 Å².